The Morgan fingerprint density at radius 1 is 1.17 bits per heavy atom. The SMILES string of the molecule is NCc1ccn2c(-c3ccccc3F)nnc2c1. The molecule has 0 atom stereocenters. The second kappa shape index (κ2) is 4.19. The highest BCUT2D eigenvalue weighted by Gasteiger charge is 2.11. The van der Waals surface area contributed by atoms with Crippen LogP contribution in [0.5, 0.6) is 0 Å². The Labute approximate surface area is 103 Å². The molecule has 0 aliphatic carbocycles. The summed E-state index contributed by atoms with van der Waals surface area (Å²) in [6, 6.07) is 10.2. The van der Waals surface area contributed by atoms with Crippen LogP contribution >= 0.6 is 0 Å². The van der Waals surface area contributed by atoms with Crippen molar-refractivity contribution >= 4 is 5.65 Å². The van der Waals surface area contributed by atoms with Crippen molar-refractivity contribution < 1.29 is 4.39 Å². The summed E-state index contributed by atoms with van der Waals surface area (Å²) >= 11 is 0. The van der Waals surface area contributed by atoms with E-state index in [0.29, 0.717) is 23.6 Å². The van der Waals surface area contributed by atoms with Crippen molar-refractivity contribution in [2.45, 2.75) is 6.54 Å². The van der Waals surface area contributed by atoms with Crippen LogP contribution in [0.15, 0.2) is 42.6 Å². The summed E-state index contributed by atoms with van der Waals surface area (Å²) in [6.07, 6.45) is 1.80. The maximum Gasteiger partial charge on any atom is 0.171 e. The van der Waals surface area contributed by atoms with E-state index in [-0.39, 0.29) is 5.82 Å². The van der Waals surface area contributed by atoms with Crippen LogP contribution in [0.4, 0.5) is 4.39 Å². The van der Waals surface area contributed by atoms with Crippen molar-refractivity contribution in [1.29, 1.82) is 0 Å². The zero-order valence-corrected chi connectivity index (χ0v) is 9.55. The number of halogens is 1. The Morgan fingerprint density at radius 2 is 2.00 bits per heavy atom. The van der Waals surface area contributed by atoms with Gasteiger partial charge < -0.3 is 5.73 Å². The molecule has 0 spiro atoms. The van der Waals surface area contributed by atoms with Gasteiger partial charge in [-0.2, -0.15) is 0 Å². The van der Waals surface area contributed by atoms with Gasteiger partial charge in [-0.25, -0.2) is 4.39 Å². The zero-order valence-electron chi connectivity index (χ0n) is 9.55. The molecule has 90 valence electrons. The van der Waals surface area contributed by atoms with Gasteiger partial charge in [0.05, 0.1) is 5.56 Å². The van der Waals surface area contributed by atoms with Crippen molar-refractivity contribution in [2.75, 3.05) is 0 Å². The van der Waals surface area contributed by atoms with E-state index in [1.54, 1.807) is 28.8 Å². The topological polar surface area (TPSA) is 56.2 Å². The van der Waals surface area contributed by atoms with Gasteiger partial charge in [0.1, 0.15) is 5.82 Å². The highest BCUT2D eigenvalue weighted by Crippen LogP contribution is 2.21. The molecule has 0 bridgehead atoms. The van der Waals surface area contributed by atoms with E-state index >= 15 is 0 Å². The average molecular weight is 242 g/mol. The number of benzene rings is 1. The summed E-state index contributed by atoms with van der Waals surface area (Å²) < 4.78 is 15.5. The Kier molecular flexibility index (Phi) is 2.53. The van der Waals surface area contributed by atoms with Gasteiger partial charge in [-0.05, 0) is 29.8 Å². The molecular formula is C13H11FN4. The van der Waals surface area contributed by atoms with Crippen LogP contribution in [-0.4, -0.2) is 14.6 Å². The lowest BCUT2D eigenvalue weighted by atomic mass is 10.2. The van der Waals surface area contributed by atoms with Gasteiger partial charge in [0, 0.05) is 12.7 Å². The molecule has 0 fully saturated rings. The summed E-state index contributed by atoms with van der Waals surface area (Å²) in [4.78, 5) is 0. The lowest BCUT2D eigenvalue weighted by Gasteiger charge is -2.02. The monoisotopic (exact) mass is 242 g/mol. The molecule has 2 N–H and O–H groups in total. The normalized spacial score (nSPS) is 11.0. The highest BCUT2D eigenvalue weighted by atomic mass is 19.1. The predicted octanol–water partition coefficient (Wildman–Crippen LogP) is 1.99. The molecule has 3 aromatic rings. The maximum absolute atomic E-state index is 13.7. The number of hydrogen-bond acceptors (Lipinski definition) is 3. The van der Waals surface area contributed by atoms with Gasteiger partial charge in [-0.3, -0.25) is 4.40 Å². The zero-order chi connectivity index (χ0) is 12.5. The first kappa shape index (κ1) is 10.9. The number of rotatable bonds is 2. The molecule has 0 saturated carbocycles. The molecule has 18 heavy (non-hydrogen) atoms. The second-order valence-corrected chi connectivity index (χ2v) is 3.97. The van der Waals surface area contributed by atoms with Gasteiger partial charge in [-0.15, -0.1) is 10.2 Å². The Bertz CT molecular complexity index is 705. The van der Waals surface area contributed by atoms with Crippen molar-refractivity contribution in [3.05, 3.63) is 54.0 Å². The van der Waals surface area contributed by atoms with Crippen LogP contribution in [0.1, 0.15) is 5.56 Å². The first-order chi connectivity index (χ1) is 8.79. The maximum atomic E-state index is 13.7. The first-order valence-corrected chi connectivity index (χ1v) is 5.58. The van der Waals surface area contributed by atoms with Crippen molar-refractivity contribution in [3.63, 3.8) is 0 Å². The van der Waals surface area contributed by atoms with E-state index < -0.39 is 0 Å². The average Bonchev–Trinajstić information content (AvgIpc) is 2.82. The number of nitrogens with two attached hydrogens (primary N) is 1. The quantitative estimate of drug-likeness (QED) is 0.747. The first-order valence-electron chi connectivity index (χ1n) is 5.58. The molecule has 5 heteroatoms. The molecule has 4 nitrogen and oxygen atoms in total. The largest absolute Gasteiger partial charge is 0.326 e. The molecule has 0 unspecified atom stereocenters. The van der Waals surface area contributed by atoms with Crippen LogP contribution in [0, 0.1) is 5.82 Å². The fraction of sp³-hybridized carbons (Fsp3) is 0.0769. The third kappa shape index (κ3) is 1.65. The number of aromatic nitrogens is 3. The minimum atomic E-state index is -0.310. The van der Waals surface area contributed by atoms with E-state index in [1.807, 2.05) is 12.1 Å². The summed E-state index contributed by atoms with van der Waals surface area (Å²) in [5.74, 6) is 0.182. The van der Waals surface area contributed by atoms with E-state index in [0.717, 1.165) is 5.56 Å². The predicted molar refractivity (Wildman–Crippen MR) is 66.3 cm³/mol. The molecule has 2 aromatic heterocycles. The third-order valence-corrected chi connectivity index (χ3v) is 2.82. The molecule has 0 saturated heterocycles. The van der Waals surface area contributed by atoms with Gasteiger partial charge in [0.15, 0.2) is 11.5 Å². The van der Waals surface area contributed by atoms with Crippen molar-refractivity contribution in [1.82, 2.24) is 14.6 Å². The van der Waals surface area contributed by atoms with E-state index in [4.69, 9.17) is 5.73 Å². The van der Waals surface area contributed by atoms with Crippen LogP contribution in [0.3, 0.4) is 0 Å². The number of hydrogen-bond donors (Lipinski definition) is 1. The summed E-state index contributed by atoms with van der Waals surface area (Å²) in [5, 5.41) is 8.07. The third-order valence-electron chi connectivity index (χ3n) is 2.82. The fourth-order valence-electron chi connectivity index (χ4n) is 1.89. The molecule has 0 aliphatic rings. The Balaban J connectivity index is 2.22. The summed E-state index contributed by atoms with van der Waals surface area (Å²) in [5.41, 5.74) is 7.63. The minimum Gasteiger partial charge on any atom is -0.326 e. The smallest absolute Gasteiger partial charge is 0.171 e. The van der Waals surface area contributed by atoms with E-state index in [9.17, 15) is 4.39 Å². The van der Waals surface area contributed by atoms with Gasteiger partial charge in [0.2, 0.25) is 0 Å². The van der Waals surface area contributed by atoms with Crippen molar-refractivity contribution in [2.24, 2.45) is 5.73 Å². The number of nitrogens with zero attached hydrogens (tertiary/aromatic N) is 3. The Morgan fingerprint density at radius 3 is 2.78 bits per heavy atom. The van der Waals surface area contributed by atoms with E-state index in [1.165, 1.54) is 6.07 Å². The van der Waals surface area contributed by atoms with Crippen LogP contribution in [0.2, 0.25) is 0 Å². The van der Waals surface area contributed by atoms with Crippen LogP contribution in [-0.2, 0) is 6.54 Å². The number of pyridine rings is 1. The fourth-order valence-corrected chi connectivity index (χ4v) is 1.89. The van der Waals surface area contributed by atoms with Gasteiger partial charge in [-0.1, -0.05) is 12.1 Å². The van der Waals surface area contributed by atoms with Gasteiger partial charge >= 0.3 is 0 Å². The molecule has 1 aromatic carbocycles. The molecule has 3 rings (SSSR count). The molecule has 0 radical (unpaired) electrons. The standard InChI is InChI=1S/C13H11FN4/c14-11-4-2-1-3-10(11)13-17-16-12-7-9(8-15)5-6-18(12)13/h1-7H,8,15H2. The second-order valence-electron chi connectivity index (χ2n) is 3.97. The van der Waals surface area contributed by atoms with Crippen LogP contribution in [0.25, 0.3) is 17.0 Å². The lowest BCUT2D eigenvalue weighted by molar-refractivity contribution is 0.629. The molecule has 0 amide bonds. The minimum absolute atomic E-state index is 0.310. The Hall–Kier alpha value is -2.27. The molecular weight excluding hydrogens is 231 g/mol. The summed E-state index contributed by atoms with van der Waals surface area (Å²) in [6.45, 7) is 0.443. The highest BCUT2D eigenvalue weighted by molar-refractivity contribution is 5.60. The van der Waals surface area contributed by atoms with Crippen LogP contribution < -0.4 is 5.73 Å². The molecule has 0 aliphatic heterocycles. The van der Waals surface area contributed by atoms with Crippen molar-refractivity contribution in [3.8, 4) is 11.4 Å². The van der Waals surface area contributed by atoms with Gasteiger partial charge in [0.25, 0.3) is 0 Å². The lowest BCUT2D eigenvalue weighted by Crippen LogP contribution is -1.98. The summed E-state index contributed by atoms with van der Waals surface area (Å²) in [7, 11) is 0. The number of fused-ring (bicyclic) bond motifs is 1. The van der Waals surface area contributed by atoms with E-state index in [2.05, 4.69) is 10.2 Å². The molecule has 2 heterocycles.